The average molecular weight is 844 g/mol. The molecule has 3 aliphatic rings. The number of hydroxylamine groups is 2. The molecule has 3 saturated heterocycles. The highest BCUT2D eigenvalue weighted by Crippen LogP contribution is 2.33. The lowest BCUT2D eigenvalue weighted by Gasteiger charge is -2.19. The van der Waals surface area contributed by atoms with Gasteiger partial charge in [0.15, 0.2) is 5.25 Å². The van der Waals surface area contributed by atoms with E-state index >= 15 is 0 Å². The van der Waals surface area contributed by atoms with Crippen LogP contribution in [0.15, 0.2) is 29.4 Å². The van der Waals surface area contributed by atoms with Crippen LogP contribution in [0.1, 0.15) is 61.7 Å². The Labute approximate surface area is 328 Å². The molecule has 5 unspecified atom stereocenters. The number of carbonyl (C=O) groups excluding carboxylic acids is 7. The summed E-state index contributed by atoms with van der Waals surface area (Å²) in [6.45, 7) is 0.484. The summed E-state index contributed by atoms with van der Waals surface area (Å²) in [6, 6.07) is 5.05. The van der Waals surface area contributed by atoms with Crippen LogP contribution in [0.4, 0.5) is 10.5 Å². The van der Waals surface area contributed by atoms with E-state index in [0.717, 1.165) is 18.6 Å². The van der Waals surface area contributed by atoms with E-state index < -0.39 is 57.4 Å². The van der Waals surface area contributed by atoms with Gasteiger partial charge in [-0.15, -0.1) is 5.06 Å². The number of amides is 7. The molecule has 5 atom stereocenters. The minimum absolute atomic E-state index is 0.0413. The second kappa shape index (κ2) is 21.2. The molecule has 0 aliphatic carbocycles. The van der Waals surface area contributed by atoms with E-state index in [9.17, 15) is 42.0 Å². The first-order chi connectivity index (χ1) is 26.3. The maximum Gasteiger partial charge on any atom is 0.334 e. The van der Waals surface area contributed by atoms with E-state index in [1.807, 2.05) is 11.8 Å². The van der Waals surface area contributed by atoms with Crippen molar-refractivity contribution in [1.29, 1.82) is 0 Å². The van der Waals surface area contributed by atoms with Crippen molar-refractivity contribution in [3.63, 3.8) is 0 Å². The number of unbranched alkanes of at least 4 members (excludes halogenated alkanes) is 1. The molecule has 4 rings (SSSR count). The Morgan fingerprint density at radius 3 is 2.49 bits per heavy atom. The summed E-state index contributed by atoms with van der Waals surface area (Å²) in [5.41, 5.74) is 9.17. The number of urea groups is 1. The quantitative estimate of drug-likeness (QED) is 0.0142. The number of carbonyl (C=O) groups is 7. The Morgan fingerprint density at radius 1 is 1.04 bits per heavy atom. The maximum atomic E-state index is 13.1. The topological polar surface area (TPSA) is 295 Å². The van der Waals surface area contributed by atoms with Gasteiger partial charge in [0.1, 0.15) is 6.04 Å². The highest BCUT2D eigenvalue weighted by atomic mass is 33.1. The lowest BCUT2D eigenvalue weighted by molar-refractivity contribution is -0.197. The first-order valence-electron chi connectivity index (χ1n) is 17.2. The maximum absolute atomic E-state index is 13.1. The van der Waals surface area contributed by atoms with Gasteiger partial charge in [-0.05, 0) is 43.3 Å². The number of rotatable bonds is 22. The fourth-order valence-corrected chi connectivity index (χ4v) is 9.90. The first kappa shape index (κ1) is 43.5. The molecule has 0 spiro atoms. The smallest absolute Gasteiger partial charge is 0.334 e. The number of azide groups is 1. The zero-order valence-corrected chi connectivity index (χ0v) is 32.6. The van der Waals surface area contributed by atoms with Gasteiger partial charge < -0.3 is 31.4 Å². The molecule has 7 amide bonds. The van der Waals surface area contributed by atoms with E-state index in [1.54, 1.807) is 0 Å². The van der Waals surface area contributed by atoms with Gasteiger partial charge in [-0.2, -0.15) is 20.2 Å². The molecule has 300 valence electrons. The molecule has 55 heavy (non-hydrogen) atoms. The summed E-state index contributed by atoms with van der Waals surface area (Å²) in [5.74, 6) is -3.02. The molecule has 20 nitrogen and oxygen atoms in total. The van der Waals surface area contributed by atoms with E-state index in [2.05, 4.69) is 41.4 Å². The molecule has 6 N–H and O–H groups in total. The molecule has 24 heteroatoms. The lowest BCUT2D eigenvalue weighted by atomic mass is 10.0. The van der Waals surface area contributed by atoms with Gasteiger partial charge in [-0.3, -0.25) is 28.5 Å². The van der Waals surface area contributed by atoms with Gasteiger partial charge in [-0.25, -0.2) is 9.59 Å². The summed E-state index contributed by atoms with van der Waals surface area (Å²) in [5, 5.41) is 16.0. The zero-order valence-electron chi connectivity index (χ0n) is 29.3. The van der Waals surface area contributed by atoms with E-state index in [-0.39, 0.29) is 66.3 Å². The minimum Gasteiger partial charge on any atom is -0.356 e. The predicted octanol–water partition coefficient (Wildman–Crippen LogP) is 1.71. The van der Waals surface area contributed by atoms with Crippen LogP contribution in [-0.4, -0.2) is 119 Å². The molecule has 1 aromatic carbocycles. The van der Waals surface area contributed by atoms with Crippen molar-refractivity contribution < 1.29 is 51.4 Å². The molecule has 0 aromatic heterocycles. The summed E-state index contributed by atoms with van der Waals surface area (Å²) in [7, 11) is -2.30. The van der Waals surface area contributed by atoms with Crippen molar-refractivity contribution in [3.05, 3.63) is 40.3 Å². The van der Waals surface area contributed by atoms with Crippen molar-refractivity contribution in [2.45, 2.75) is 80.0 Å². The second-order valence-corrected chi connectivity index (χ2v) is 18.1. The van der Waals surface area contributed by atoms with E-state index in [1.165, 1.54) is 45.9 Å². The predicted molar refractivity (Wildman–Crippen MR) is 203 cm³/mol. The highest BCUT2D eigenvalue weighted by molar-refractivity contribution is 8.76. The number of benzene rings is 1. The molecule has 3 heterocycles. The molecular formula is C31H41N9O11S4. The Morgan fingerprint density at radius 2 is 1.78 bits per heavy atom. The Bertz CT molecular complexity index is 1760. The fourth-order valence-electron chi connectivity index (χ4n) is 5.78. The second-order valence-electron chi connectivity index (χ2n) is 12.5. The van der Waals surface area contributed by atoms with Crippen molar-refractivity contribution >= 4 is 90.7 Å². The van der Waals surface area contributed by atoms with Crippen LogP contribution in [0.2, 0.25) is 0 Å². The summed E-state index contributed by atoms with van der Waals surface area (Å²) >= 11 is 1.82. The third kappa shape index (κ3) is 13.5. The molecule has 1 aromatic rings. The Kier molecular flexibility index (Phi) is 16.8. The third-order valence-electron chi connectivity index (χ3n) is 8.56. The van der Waals surface area contributed by atoms with Gasteiger partial charge in [0.05, 0.1) is 24.9 Å². The molecule has 0 radical (unpaired) electrons. The number of imide groups is 1. The van der Waals surface area contributed by atoms with Crippen LogP contribution in [0.3, 0.4) is 0 Å². The van der Waals surface area contributed by atoms with Crippen LogP contribution in [0.25, 0.3) is 10.4 Å². The average Bonchev–Trinajstić information content (AvgIpc) is 3.79. The zero-order chi connectivity index (χ0) is 40.0. The summed E-state index contributed by atoms with van der Waals surface area (Å²) in [6.07, 6.45) is 2.32. The van der Waals surface area contributed by atoms with Gasteiger partial charge in [0, 0.05) is 58.2 Å². The number of hydrogen-bond donors (Lipinski definition) is 6. The van der Waals surface area contributed by atoms with E-state index in [0.29, 0.717) is 36.0 Å². The fraction of sp³-hybridized carbons (Fsp3) is 0.581. The van der Waals surface area contributed by atoms with Gasteiger partial charge in [0.2, 0.25) is 11.8 Å². The molecule has 0 bridgehead atoms. The highest BCUT2D eigenvalue weighted by Gasteiger charge is 2.48. The number of thioether (sulfide) groups is 1. The van der Waals surface area contributed by atoms with Crippen molar-refractivity contribution in [2.75, 3.05) is 30.3 Å². The number of hydrogen-bond acceptors (Lipinski definition) is 14. The Balaban J connectivity index is 1.15. The largest absolute Gasteiger partial charge is 0.356 e. The van der Waals surface area contributed by atoms with Crippen LogP contribution < -0.4 is 26.6 Å². The SMILES string of the molecule is [N-]=[N+]=Nc1ccc(C(=O)NC(CCCNC(=O)CCCCC2SCC3NC(=O)NC32)C(=O)NCCSSCCC(=O)ON2C(=O)CC(S(=O)(=O)O)C2=O)cc1. The van der Waals surface area contributed by atoms with Crippen molar-refractivity contribution in [2.24, 2.45) is 5.11 Å². The van der Waals surface area contributed by atoms with Crippen LogP contribution >= 0.6 is 33.3 Å². The van der Waals surface area contributed by atoms with Crippen LogP contribution in [0.5, 0.6) is 0 Å². The molecular weight excluding hydrogens is 803 g/mol. The van der Waals surface area contributed by atoms with Crippen molar-refractivity contribution in [1.82, 2.24) is 31.6 Å². The van der Waals surface area contributed by atoms with Gasteiger partial charge in [0.25, 0.3) is 27.8 Å². The normalized spacial score (nSPS) is 20.8. The first-order valence-corrected chi connectivity index (χ1v) is 22.3. The number of fused-ring (bicyclic) bond motifs is 1. The number of nitrogens with zero attached hydrogens (tertiary/aromatic N) is 4. The van der Waals surface area contributed by atoms with Gasteiger partial charge in [-0.1, -0.05) is 45.3 Å². The number of nitrogens with one attached hydrogen (secondary N) is 5. The minimum atomic E-state index is -4.83. The standard InChI is InChI=1S/C31H41N9O11S4/c32-39-38-19-9-7-18(8-10-19)28(44)35-20(4-3-12-33-24(41)6-2-1-5-22-27-21(17-52-22)36-31(47)37-27)29(45)34-13-15-54-53-14-11-26(43)51-40-25(42)16-23(30(40)46)55(48,49)50/h7-10,20-23,27H,1-6,11-17H2,(H,33,41)(H,34,45)(H,35,44)(H2,36,37,47)(H,48,49,50). The summed E-state index contributed by atoms with van der Waals surface area (Å²) < 4.78 is 31.5. The van der Waals surface area contributed by atoms with E-state index in [4.69, 9.17) is 10.1 Å². The van der Waals surface area contributed by atoms with Crippen LogP contribution in [-0.2, 0) is 38.9 Å². The van der Waals surface area contributed by atoms with Crippen molar-refractivity contribution in [3.8, 4) is 0 Å². The Hall–Kier alpha value is -4.22. The monoisotopic (exact) mass is 843 g/mol. The lowest BCUT2D eigenvalue weighted by Crippen LogP contribution is -2.47. The molecule has 3 aliphatic heterocycles. The van der Waals surface area contributed by atoms with Crippen LogP contribution in [0, 0.1) is 0 Å². The summed E-state index contributed by atoms with van der Waals surface area (Å²) in [4.78, 5) is 93.5. The third-order valence-corrected chi connectivity index (χ3v) is 13.6. The molecule has 3 fully saturated rings. The van der Waals surface area contributed by atoms with Gasteiger partial charge >= 0.3 is 12.0 Å². The molecule has 0 saturated carbocycles.